The molecule has 0 unspecified atom stereocenters. The van der Waals surface area contributed by atoms with Crippen LogP contribution < -0.4 is 5.32 Å². The van der Waals surface area contributed by atoms with E-state index in [-0.39, 0.29) is 0 Å². The van der Waals surface area contributed by atoms with Crippen molar-refractivity contribution in [3.63, 3.8) is 0 Å². The van der Waals surface area contributed by atoms with Crippen molar-refractivity contribution in [1.82, 2.24) is 15.0 Å². The molecule has 1 N–H and O–H groups in total. The van der Waals surface area contributed by atoms with E-state index in [0.717, 1.165) is 38.0 Å². The molecular formula is C16H19ClN4O. The van der Waals surface area contributed by atoms with Crippen LogP contribution >= 0.6 is 11.6 Å². The normalized spacial score (nSPS) is 16.6. The second kappa shape index (κ2) is 6.94. The summed E-state index contributed by atoms with van der Waals surface area (Å²) in [6, 6.07) is 8.27. The zero-order chi connectivity index (χ0) is 15.4. The Balaban J connectivity index is 1.59. The number of piperidine rings is 1. The minimum atomic E-state index is 0.369. The molecule has 1 aliphatic rings. The van der Waals surface area contributed by atoms with Gasteiger partial charge in [0.1, 0.15) is 0 Å². The summed E-state index contributed by atoms with van der Waals surface area (Å²) in [7, 11) is 0. The molecule has 1 fully saturated rings. The Morgan fingerprint density at radius 2 is 2.23 bits per heavy atom. The number of rotatable bonds is 5. The third-order valence-corrected chi connectivity index (χ3v) is 4.05. The summed E-state index contributed by atoms with van der Waals surface area (Å²) in [6.07, 6.45) is 4.06. The summed E-state index contributed by atoms with van der Waals surface area (Å²) in [6.45, 7) is 6.84. The lowest BCUT2D eigenvalue weighted by atomic mass is 10.1. The summed E-state index contributed by atoms with van der Waals surface area (Å²) < 4.78 is 5.29. The monoisotopic (exact) mass is 318 g/mol. The lowest BCUT2D eigenvalue weighted by molar-refractivity contribution is 0.238. The zero-order valence-corrected chi connectivity index (χ0v) is 13.1. The molecule has 0 radical (unpaired) electrons. The smallest absolute Gasteiger partial charge is 0.322 e. The van der Waals surface area contributed by atoms with Crippen LogP contribution in [0, 0.1) is 0 Å². The molecule has 1 saturated heterocycles. The van der Waals surface area contributed by atoms with E-state index in [1.165, 1.54) is 0 Å². The van der Waals surface area contributed by atoms with Crippen LogP contribution in [0.1, 0.15) is 12.8 Å². The molecule has 3 rings (SSSR count). The third kappa shape index (κ3) is 3.67. The SMILES string of the molecule is C=CCN1CCC(Nc2nc(-c3cccc(Cl)c3)no2)CC1. The lowest BCUT2D eigenvalue weighted by Crippen LogP contribution is -2.39. The highest BCUT2D eigenvalue weighted by molar-refractivity contribution is 6.30. The predicted molar refractivity (Wildman–Crippen MR) is 88.0 cm³/mol. The number of nitrogens with zero attached hydrogens (tertiary/aromatic N) is 3. The summed E-state index contributed by atoms with van der Waals surface area (Å²) in [5.74, 6) is 0.550. The first kappa shape index (κ1) is 15.1. The number of hydrogen-bond acceptors (Lipinski definition) is 5. The quantitative estimate of drug-likeness (QED) is 0.856. The highest BCUT2D eigenvalue weighted by Crippen LogP contribution is 2.22. The molecule has 116 valence electrons. The van der Waals surface area contributed by atoms with E-state index in [1.54, 1.807) is 0 Å². The van der Waals surface area contributed by atoms with Crippen molar-refractivity contribution in [3.8, 4) is 11.4 Å². The van der Waals surface area contributed by atoms with Crippen molar-refractivity contribution in [3.05, 3.63) is 41.9 Å². The van der Waals surface area contributed by atoms with E-state index in [1.807, 2.05) is 30.3 Å². The number of aromatic nitrogens is 2. The number of likely N-dealkylation sites (tertiary alicyclic amines) is 1. The van der Waals surface area contributed by atoms with Gasteiger partial charge in [-0.25, -0.2) is 0 Å². The first-order valence-electron chi connectivity index (χ1n) is 7.44. The maximum Gasteiger partial charge on any atom is 0.322 e. The van der Waals surface area contributed by atoms with Crippen LogP contribution in [0.2, 0.25) is 5.02 Å². The van der Waals surface area contributed by atoms with Crippen LogP contribution in [0.3, 0.4) is 0 Å². The molecule has 0 spiro atoms. The van der Waals surface area contributed by atoms with E-state index in [9.17, 15) is 0 Å². The molecular weight excluding hydrogens is 300 g/mol. The first-order valence-corrected chi connectivity index (χ1v) is 7.82. The molecule has 2 heterocycles. The second-order valence-corrected chi connectivity index (χ2v) is 5.88. The molecule has 22 heavy (non-hydrogen) atoms. The highest BCUT2D eigenvalue weighted by atomic mass is 35.5. The fourth-order valence-electron chi connectivity index (χ4n) is 2.64. The molecule has 6 heteroatoms. The van der Waals surface area contributed by atoms with E-state index >= 15 is 0 Å². The number of halogens is 1. The Morgan fingerprint density at radius 1 is 1.41 bits per heavy atom. The summed E-state index contributed by atoms with van der Waals surface area (Å²) >= 11 is 5.98. The van der Waals surface area contributed by atoms with Gasteiger partial charge in [0.15, 0.2) is 0 Å². The van der Waals surface area contributed by atoms with Gasteiger partial charge in [-0.1, -0.05) is 35.0 Å². The van der Waals surface area contributed by atoms with Gasteiger partial charge in [-0.05, 0) is 25.0 Å². The maximum absolute atomic E-state index is 5.98. The van der Waals surface area contributed by atoms with Crippen molar-refractivity contribution >= 4 is 17.6 Å². The standard InChI is InChI=1S/C16H19ClN4O/c1-2-8-21-9-6-14(7-10-21)18-16-19-15(20-22-16)12-4-3-5-13(17)11-12/h2-5,11,14H,1,6-10H2,(H,18,19,20). The minimum absolute atomic E-state index is 0.369. The van der Waals surface area contributed by atoms with Gasteiger partial charge < -0.3 is 9.84 Å². The molecule has 0 amide bonds. The van der Waals surface area contributed by atoms with Crippen LogP contribution in [0.5, 0.6) is 0 Å². The Kier molecular flexibility index (Phi) is 4.75. The van der Waals surface area contributed by atoms with Gasteiger partial charge >= 0.3 is 6.01 Å². The van der Waals surface area contributed by atoms with Crippen molar-refractivity contribution in [2.75, 3.05) is 25.0 Å². The Bertz CT molecular complexity index is 635. The summed E-state index contributed by atoms with van der Waals surface area (Å²) in [5.41, 5.74) is 0.852. The molecule has 1 aromatic carbocycles. The Morgan fingerprint density at radius 3 is 2.95 bits per heavy atom. The van der Waals surface area contributed by atoms with Crippen LogP contribution in [0.4, 0.5) is 6.01 Å². The third-order valence-electron chi connectivity index (χ3n) is 3.81. The number of benzene rings is 1. The highest BCUT2D eigenvalue weighted by Gasteiger charge is 2.20. The average Bonchev–Trinajstić information content (AvgIpc) is 2.98. The summed E-state index contributed by atoms with van der Waals surface area (Å²) in [5, 5.41) is 7.99. The van der Waals surface area contributed by atoms with Gasteiger partial charge in [0, 0.05) is 36.3 Å². The van der Waals surface area contributed by atoms with E-state index < -0.39 is 0 Å². The van der Waals surface area contributed by atoms with E-state index in [0.29, 0.717) is 22.9 Å². The molecule has 0 atom stereocenters. The van der Waals surface area contributed by atoms with Crippen molar-refractivity contribution in [2.24, 2.45) is 0 Å². The molecule has 1 aliphatic heterocycles. The number of nitrogens with one attached hydrogen (secondary N) is 1. The predicted octanol–water partition coefficient (Wildman–Crippen LogP) is 3.45. The van der Waals surface area contributed by atoms with Crippen molar-refractivity contribution < 1.29 is 4.52 Å². The first-order chi connectivity index (χ1) is 10.7. The van der Waals surface area contributed by atoms with Gasteiger partial charge in [0.25, 0.3) is 0 Å². The number of hydrogen-bond donors (Lipinski definition) is 1. The molecule has 0 bridgehead atoms. The molecule has 5 nitrogen and oxygen atoms in total. The van der Waals surface area contributed by atoms with Gasteiger partial charge in [-0.3, -0.25) is 4.90 Å². The summed E-state index contributed by atoms with van der Waals surface area (Å²) in [4.78, 5) is 6.78. The van der Waals surface area contributed by atoms with Crippen LogP contribution in [0.25, 0.3) is 11.4 Å². The van der Waals surface area contributed by atoms with Gasteiger partial charge in [0.05, 0.1) is 0 Å². The average molecular weight is 319 g/mol. The Labute approximate surface area is 135 Å². The largest absolute Gasteiger partial charge is 0.335 e. The minimum Gasteiger partial charge on any atom is -0.335 e. The molecule has 0 saturated carbocycles. The van der Waals surface area contributed by atoms with Crippen molar-refractivity contribution in [1.29, 1.82) is 0 Å². The topological polar surface area (TPSA) is 54.2 Å². The molecule has 2 aromatic rings. The van der Waals surface area contributed by atoms with E-state index in [4.69, 9.17) is 16.1 Å². The fraction of sp³-hybridized carbons (Fsp3) is 0.375. The van der Waals surface area contributed by atoms with Crippen molar-refractivity contribution in [2.45, 2.75) is 18.9 Å². The van der Waals surface area contributed by atoms with Crippen LogP contribution in [-0.2, 0) is 0 Å². The van der Waals surface area contributed by atoms with Gasteiger partial charge in [-0.15, -0.1) is 6.58 Å². The van der Waals surface area contributed by atoms with Crippen LogP contribution in [0.15, 0.2) is 41.4 Å². The van der Waals surface area contributed by atoms with E-state index in [2.05, 4.69) is 26.9 Å². The molecule has 0 aliphatic carbocycles. The van der Waals surface area contributed by atoms with Gasteiger partial charge in [-0.2, -0.15) is 4.98 Å². The zero-order valence-electron chi connectivity index (χ0n) is 12.3. The molecule has 1 aromatic heterocycles. The maximum atomic E-state index is 5.98. The number of anilines is 1. The van der Waals surface area contributed by atoms with Gasteiger partial charge in [0.2, 0.25) is 5.82 Å². The fourth-order valence-corrected chi connectivity index (χ4v) is 2.83. The van der Waals surface area contributed by atoms with Crippen LogP contribution in [-0.4, -0.2) is 40.7 Å². The second-order valence-electron chi connectivity index (χ2n) is 5.44. The lowest BCUT2D eigenvalue weighted by Gasteiger charge is -2.30. The Hall–Kier alpha value is -1.85.